The van der Waals surface area contributed by atoms with Crippen LogP contribution in [-0.4, -0.2) is 32.1 Å². The van der Waals surface area contributed by atoms with Crippen LogP contribution in [0.2, 0.25) is 5.02 Å². The number of nitrogens with zero attached hydrogens (tertiary/aromatic N) is 4. The normalized spacial score (nSPS) is 17.6. The van der Waals surface area contributed by atoms with E-state index in [9.17, 15) is 4.79 Å². The molecule has 0 saturated carbocycles. The van der Waals surface area contributed by atoms with E-state index in [1.807, 2.05) is 37.3 Å². The van der Waals surface area contributed by atoms with Gasteiger partial charge in [-0.1, -0.05) is 46.8 Å². The number of aromatic nitrogens is 2. The molecule has 1 amide bonds. The van der Waals surface area contributed by atoms with Crippen LogP contribution in [0.4, 0.5) is 5.13 Å². The quantitative estimate of drug-likeness (QED) is 0.605. The molecule has 3 aromatic rings. The van der Waals surface area contributed by atoms with E-state index in [0.717, 1.165) is 11.3 Å². The molecular weight excluding hydrogens is 418 g/mol. The van der Waals surface area contributed by atoms with Gasteiger partial charge in [0.05, 0.1) is 17.2 Å². The number of hydrogen-bond acceptors (Lipinski definition) is 8. The molecule has 2 aromatic heterocycles. The van der Waals surface area contributed by atoms with Crippen molar-refractivity contribution >= 4 is 51.5 Å². The lowest BCUT2D eigenvalue weighted by atomic mass is 10.0. The number of furan rings is 1. The van der Waals surface area contributed by atoms with Crippen molar-refractivity contribution in [2.45, 2.75) is 29.0 Å². The van der Waals surface area contributed by atoms with Gasteiger partial charge in [-0.05, 0) is 36.8 Å². The number of amides is 1. The van der Waals surface area contributed by atoms with E-state index in [4.69, 9.17) is 21.8 Å². The van der Waals surface area contributed by atoms with E-state index in [-0.39, 0.29) is 11.9 Å². The average molecular weight is 434 g/mol. The third kappa shape index (κ3) is 3.91. The zero-order chi connectivity index (χ0) is 19.7. The van der Waals surface area contributed by atoms with E-state index in [2.05, 4.69) is 15.3 Å². The Hall–Kier alpha value is -2.36. The maximum absolute atomic E-state index is 13.2. The van der Waals surface area contributed by atoms with Crippen LogP contribution >= 0.6 is 34.7 Å². The van der Waals surface area contributed by atoms with Gasteiger partial charge in [0, 0.05) is 11.4 Å². The fourth-order valence-corrected chi connectivity index (χ4v) is 4.84. The molecule has 0 spiro atoms. The zero-order valence-corrected chi connectivity index (χ0v) is 17.2. The highest BCUT2D eigenvalue weighted by molar-refractivity contribution is 8.02. The number of hydrogen-bond donors (Lipinski definition) is 1. The summed E-state index contributed by atoms with van der Waals surface area (Å²) < 4.78 is 6.22. The largest absolute Gasteiger partial charge is 0.467 e. The van der Waals surface area contributed by atoms with Gasteiger partial charge in [0.1, 0.15) is 11.8 Å². The van der Waals surface area contributed by atoms with Gasteiger partial charge in [-0.25, -0.2) is 5.01 Å². The van der Waals surface area contributed by atoms with E-state index < -0.39 is 5.25 Å². The lowest BCUT2D eigenvalue weighted by Crippen LogP contribution is -2.33. The summed E-state index contributed by atoms with van der Waals surface area (Å²) in [5.74, 6) is 0.558. The Morgan fingerprint density at radius 2 is 2.14 bits per heavy atom. The van der Waals surface area contributed by atoms with Gasteiger partial charge in [0.2, 0.25) is 5.13 Å². The second-order valence-corrected chi connectivity index (χ2v) is 9.17. The summed E-state index contributed by atoms with van der Waals surface area (Å²) >= 11 is 8.55. The van der Waals surface area contributed by atoms with Crippen molar-refractivity contribution in [2.24, 2.45) is 5.10 Å². The van der Waals surface area contributed by atoms with Crippen LogP contribution in [0.25, 0.3) is 0 Å². The van der Waals surface area contributed by atoms with Crippen molar-refractivity contribution < 1.29 is 9.21 Å². The summed E-state index contributed by atoms with van der Waals surface area (Å²) in [5.41, 5.74) is 7.36. The van der Waals surface area contributed by atoms with Crippen LogP contribution in [0.1, 0.15) is 30.7 Å². The molecular formula is C18H16ClN5O2S2. The van der Waals surface area contributed by atoms with Gasteiger partial charge < -0.3 is 10.2 Å². The highest BCUT2D eigenvalue weighted by Crippen LogP contribution is 2.36. The smallest absolute Gasteiger partial charge is 0.256 e. The first-order valence-corrected chi connectivity index (χ1v) is 10.5. The van der Waals surface area contributed by atoms with Crippen molar-refractivity contribution in [3.8, 4) is 0 Å². The minimum Gasteiger partial charge on any atom is -0.467 e. The molecule has 2 N–H and O–H groups in total. The van der Waals surface area contributed by atoms with E-state index in [1.165, 1.54) is 28.1 Å². The summed E-state index contributed by atoms with van der Waals surface area (Å²) in [4.78, 5) is 13.2. The lowest BCUT2D eigenvalue weighted by Gasteiger charge is -2.22. The SMILES string of the molecule is C[C@@H](Sc1nnc(N)s1)C(=O)N1N=C(c2ccc(Cl)cc2)C[C@@H]1c1ccco1. The van der Waals surface area contributed by atoms with Gasteiger partial charge in [-0.15, -0.1) is 10.2 Å². The molecule has 0 aliphatic carbocycles. The molecule has 1 aliphatic heterocycles. The van der Waals surface area contributed by atoms with E-state index >= 15 is 0 Å². The monoisotopic (exact) mass is 433 g/mol. The summed E-state index contributed by atoms with van der Waals surface area (Å²) in [6.45, 7) is 1.82. The molecule has 0 bridgehead atoms. The second kappa shape index (κ2) is 7.94. The summed E-state index contributed by atoms with van der Waals surface area (Å²) in [6, 6.07) is 10.8. The van der Waals surface area contributed by atoms with Crippen LogP contribution in [0.15, 0.2) is 56.5 Å². The Morgan fingerprint density at radius 3 is 2.79 bits per heavy atom. The van der Waals surface area contributed by atoms with Gasteiger partial charge >= 0.3 is 0 Å². The highest BCUT2D eigenvalue weighted by Gasteiger charge is 2.37. The third-order valence-corrected chi connectivity index (χ3v) is 6.41. The van der Waals surface area contributed by atoms with Gasteiger partial charge in [0.15, 0.2) is 4.34 Å². The number of thioether (sulfide) groups is 1. The van der Waals surface area contributed by atoms with Crippen molar-refractivity contribution in [2.75, 3.05) is 5.73 Å². The maximum Gasteiger partial charge on any atom is 0.256 e. The molecule has 1 aliphatic rings. The van der Waals surface area contributed by atoms with E-state index in [0.29, 0.717) is 26.7 Å². The van der Waals surface area contributed by atoms with E-state index in [1.54, 1.807) is 12.3 Å². The minimum absolute atomic E-state index is 0.135. The molecule has 144 valence electrons. The van der Waals surface area contributed by atoms with Crippen molar-refractivity contribution in [3.63, 3.8) is 0 Å². The predicted molar refractivity (Wildman–Crippen MR) is 111 cm³/mol. The number of halogens is 1. The van der Waals surface area contributed by atoms with Crippen LogP contribution in [-0.2, 0) is 4.79 Å². The third-order valence-electron chi connectivity index (χ3n) is 4.23. The molecule has 28 heavy (non-hydrogen) atoms. The molecule has 0 fully saturated rings. The maximum atomic E-state index is 13.2. The van der Waals surface area contributed by atoms with Gasteiger partial charge in [0.25, 0.3) is 5.91 Å². The highest BCUT2D eigenvalue weighted by atomic mass is 35.5. The molecule has 0 unspecified atom stereocenters. The van der Waals surface area contributed by atoms with Gasteiger partial charge in [-0.2, -0.15) is 5.10 Å². The summed E-state index contributed by atoms with van der Waals surface area (Å²) in [6.07, 6.45) is 2.16. The Morgan fingerprint density at radius 1 is 1.36 bits per heavy atom. The number of carbonyl (C=O) groups is 1. The van der Waals surface area contributed by atoms with Crippen LogP contribution in [0.5, 0.6) is 0 Å². The van der Waals surface area contributed by atoms with Crippen LogP contribution in [0, 0.1) is 0 Å². The van der Waals surface area contributed by atoms with Crippen LogP contribution in [0.3, 0.4) is 0 Å². The number of anilines is 1. The number of rotatable bonds is 5. The average Bonchev–Trinajstić information content (AvgIpc) is 3.42. The Balaban J connectivity index is 1.60. The lowest BCUT2D eigenvalue weighted by molar-refractivity contribution is -0.132. The molecule has 0 radical (unpaired) electrons. The second-order valence-electron chi connectivity index (χ2n) is 6.14. The van der Waals surface area contributed by atoms with Crippen molar-refractivity contribution in [1.82, 2.24) is 15.2 Å². The van der Waals surface area contributed by atoms with Crippen LogP contribution < -0.4 is 5.73 Å². The first kappa shape index (κ1) is 19.0. The molecule has 10 heteroatoms. The fraction of sp³-hybridized carbons (Fsp3) is 0.222. The predicted octanol–water partition coefficient (Wildman–Crippen LogP) is 4.23. The van der Waals surface area contributed by atoms with Crippen molar-refractivity contribution in [3.05, 3.63) is 59.0 Å². The topological polar surface area (TPSA) is 97.6 Å². The Labute approximate surface area is 174 Å². The Kier molecular flexibility index (Phi) is 5.38. The summed E-state index contributed by atoms with van der Waals surface area (Å²) in [7, 11) is 0. The molecule has 4 rings (SSSR count). The number of nitrogens with two attached hydrogens (primary N) is 1. The summed E-state index contributed by atoms with van der Waals surface area (Å²) in [5, 5.41) is 14.5. The first-order valence-electron chi connectivity index (χ1n) is 8.47. The minimum atomic E-state index is -0.405. The molecule has 1 aromatic carbocycles. The Bertz CT molecular complexity index is 1000. The fourth-order valence-electron chi connectivity index (χ4n) is 2.89. The number of hydrazone groups is 1. The molecule has 2 atom stereocenters. The number of benzene rings is 1. The molecule has 3 heterocycles. The zero-order valence-electron chi connectivity index (χ0n) is 14.8. The van der Waals surface area contributed by atoms with Crippen molar-refractivity contribution in [1.29, 1.82) is 0 Å². The number of carbonyl (C=O) groups excluding carboxylic acids is 1. The van der Waals surface area contributed by atoms with Gasteiger partial charge in [-0.3, -0.25) is 4.79 Å². The standard InChI is InChI=1S/C18H16ClN5O2S2/c1-10(27-18-22-21-17(20)28-18)16(25)24-14(15-3-2-8-26-15)9-13(23-24)11-4-6-12(19)7-5-11/h2-8,10,14H,9H2,1H3,(H2,20,21)/t10-,14-/m1/s1. The molecule has 7 nitrogen and oxygen atoms in total. The molecule has 0 saturated heterocycles. The first-order chi connectivity index (χ1) is 13.5. The number of nitrogen functional groups attached to an aromatic ring is 1.